The minimum Gasteiger partial charge on any atom is -0.364 e. The summed E-state index contributed by atoms with van der Waals surface area (Å²) in [6.07, 6.45) is 2.34. The quantitative estimate of drug-likeness (QED) is 0.829. The van der Waals surface area contributed by atoms with Crippen LogP contribution in [0.2, 0.25) is 5.02 Å². The molecular formula is C19H20ClN3O2. The minimum absolute atomic E-state index is 0.0261. The number of carbonyl (C=O) groups is 1. The zero-order valence-electron chi connectivity index (χ0n) is 14.1. The number of pyridine rings is 1. The molecule has 6 heteroatoms. The molecule has 25 heavy (non-hydrogen) atoms. The first kappa shape index (κ1) is 16.4. The molecule has 2 aliphatic heterocycles. The molecular weight excluding hydrogens is 338 g/mol. The highest BCUT2D eigenvalue weighted by Gasteiger charge is 2.52. The maximum Gasteiger partial charge on any atom is 0.249 e. The molecule has 1 aromatic heterocycles. The van der Waals surface area contributed by atoms with Gasteiger partial charge in [0.1, 0.15) is 18.5 Å². The second-order valence-corrected chi connectivity index (χ2v) is 7.01. The molecule has 2 atom stereocenters. The summed E-state index contributed by atoms with van der Waals surface area (Å²) in [5, 5.41) is 0.624. The van der Waals surface area contributed by atoms with E-state index in [1.165, 1.54) is 0 Å². The second-order valence-electron chi connectivity index (χ2n) is 6.57. The molecule has 0 unspecified atom stereocenters. The first-order valence-electron chi connectivity index (χ1n) is 8.41. The highest BCUT2D eigenvalue weighted by molar-refractivity contribution is 6.30. The van der Waals surface area contributed by atoms with Gasteiger partial charge in [0.25, 0.3) is 0 Å². The normalized spacial score (nSPS) is 26.5. The van der Waals surface area contributed by atoms with Crippen LogP contribution in [0.3, 0.4) is 0 Å². The zero-order valence-corrected chi connectivity index (χ0v) is 14.8. The van der Waals surface area contributed by atoms with Gasteiger partial charge in [0.2, 0.25) is 5.91 Å². The number of morpholine rings is 1. The summed E-state index contributed by atoms with van der Waals surface area (Å²) < 4.78 is 6.01. The Kier molecular flexibility index (Phi) is 4.13. The molecule has 1 amide bonds. The molecule has 2 saturated heterocycles. The average Bonchev–Trinajstić information content (AvgIpc) is 2.66. The van der Waals surface area contributed by atoms with E-state index in [2.05, 4.69) is 22.0 Å². The molecule has 2 fully saturated rings. The number of amides is 1. The predicted octanol–water partition coefficient (Wildman–Crippen LogP) is 2.70. The van der Waals surface area contributed by atoms with Crippen molar-refractivity contribution in [3.63, 3.8) is 0 Å². The number of hydrogen-bond donors (Lipinski definition) is 0. The molecule has 1 aromatic carbocycles. The second kappa shape index (κ2) is 6.32. The smallest absolute Gasteiger partial charge is 0.249 e. The fraction of sp³-hybridized carbons (Fsp3) is 0.368. The molecule has 0 aliphatic carbocycles. The van der Waals surface area contributed by atoms with Gasteiger partial charge in [-0.1, -0.05) is 41.9 Å². The fourth-order valence-corrected chi connectivity index (χ4v) is 4.10. The van der Waals surface area contributed by atoms with Crippen molar-refractivity contribution in [2.24, 2.45) is 0 Å². The number of ether oxygens (including phenoxy) is 1. The number of fused-ring (bicyclic) bond motifs is 1. The van der Waals surface area contributed by atoms with Crippen molar-refractivity contribution in [1.29, 1.82) is 0 Å². The van der Waals surface area contributed by atoms with Crippen molar-refractivity contribution >= 4 is 23.3 Å². The third-order valence-corrected chi connectivity index (χ3v) is 5.60. The average molecular weight is 358 g/mol. The van der Waals surface area contributed by atoms with Gasteiger partial charge in [0.05, 0.1) is 10.6 Å². The van der Waals surface area contributed by atoms with E-state index in [0.717, 1.165) is 24.3 Å². The molecule has 0 spiro atoms. The van der Waals surface area contributed by atoms with Crippen LogP contribution in [0, 0.1) is 0 Å². The maximum atomic E-state index is 12.4. The summed E-state index contributed by atoms with van der Waals surface area (Å²) in [5.74, 6) is 0.910. The van der Waals surface area contributed by atoms with Crippen LogP contribution in [-0.4, -0.2) is 48.6 Å². The number of benzene rings is 1. The van der Waals surface area contributed by atoms with E-state index in [-0.39, 0.29) is 18.6 Å². The van der Waals surface area contributed by atoms with Crippen LogP contribution in [0.25, 0.3) is 0 Å². The van der Waals surface area contributed by atoms with Crippen LogP contribution in [0.1, 0.15) is 12.0 Å². The van der Waals surface area contributed by atoms with E-state index in [1.807, 2.05) is 42.3 Å². The molecule has 0 saturated carbocycles. The number of nitrogens with zero attached hydrogens (tertiary/aromatic N) is 3. The number of likely N-dealkylation sites (N-methyl/N-ethyl adjacent to an activating group) is 1. The number of anilines is 1. The molecule has 0 bridgehead atoms. The van der Waals surface area contributed by atoms with E-state index >= 15 is 0 Å². The van der Waals surface area contributed by atoms with E-state index in [1.54, 1.807) is 6.20 Å². The van der Waals surface area contributed by atoms with Gasteiger partial charge < -0.3 is 14.5 Å². The number of aromatic nitrogens is 1. The summed E-state index contributed by atoms with van der Waals surface area (Å²) in [4.78, 5) is 20.9. The van der Waals surface area contributed by atoms with Gasteiger partial charge in [-0.25, -0.2) is 4.98 Å². The van der Waals surface area contributed by atoms with Gasteiger partial charge in [-0.15, -0.1) is 0 Å². The molecule has 2 aromatic rings. The zero-order chi connectivity index (χ0) is 17.4. The first-order valence-corrected chi connectivity index (χ1v) is 8.79. The Labute approximate surface area is 152 Å². The molecule has 2 aliphatic rings. The monoisotopic (exact) mass is 357 g/mol. The molecule has 3 heterocycles. The van der Waals surface area contributed by atoms with E-state index in [0.29, 0.717) is 11.6 Å². The largest absolute Gasteiger partial charge is 0.364 e. The Balaban J connectivity index is 1.69. The summed E-state index contributed by atoms with van der Waals surface area (Å²) in [5.41, 5.74) is 0.693. The highest BCUT2D eigenvalue weighted by Crippen LogP contribution is 2.42. The minimum atomic E-state index is -0.431. The Bertz CT molecular complexity index is 768. The Morgan fingerprint density at radius 1 is 1.24 bits per heavy atom. The van der Waals surface area contributed by atoms with Crippen molar-refractivity contribution in [3.05, 3.63) is 59.2 Å². The predicted molar refractivity (Wildman–Crippen MR) is 96.7 cm³/mol. The van der Waals surface area contributed by atoms with Gasteiger partial charge in [-0.2, -0.15) is 0 Å². The van der Waals surface area contributed by atoms with E-state index in [9.17, 15) is 4.79 Å². The lowest BCUT2D eigenvalue weighted by Gasteiger charge is -2.55. The van der Waals surface area contributed by atoms with Crippen LogP contribution in [-0.2, 0) is 15.1 Å². The highest BCUT2D eigenvalue weighted by atomic mass is 35.5. The maximum absolute atomic E-state index is 12.4. The number of carbonyl (C=O) groups excluding carboxylic acids is 1. The Hall–Kier alpha value is -2.11. The topological polar surface area (TPSA) is 45.7 Å². The van der Waals surface area contributed by atoms with Crippen LogP contribution < -0.4 is 4.90 Å². The Morgan fingerprint density at radius 2 is 2.04 bits per heavy atom. The molecule has 5 nitrogen and oxygen atoms in total. The molecule has 0 N–H and O–H groups in total. The lowest BCUT2D eigenvalue weighted by molar-refractivity contribution is -0.173. The molecule has 0 radical (unpaired) electrons. The van der Waals surface area contributed by atoms with Gasteiger partial charge >= 0.3 is 0 Å². The number of rotatable bonds is 2. The van der Waals surface area contributed by atoms with Crippen LogP contribution in [0.15, 0.2) is 48.7 Å². The fourth-order valence-electron chi connectivity index (χ4n) is 3.99. The van der Waals surface area contributed by atoms with Crippen LogP contribution in [0.5, 0.6) is 0 Å². The summed E-state index contributed by atoms with van der Waals surface area (Å²) in [6.45, 7) is 1.60. The van der Waals surface area contributed by atoms with Crippen molar-refractivity contribution in [2.45, 2.75) is 18.1 Å². The third-order valence-electron chi connectivity index (χ3n) is 5.37. The first-order chi connectivity index (χ1) is 12.1. The van der Waals surface area contributed by atoms with Gasteiger partial charge in [-0.3, -0.25) is 4.79 Å². The summed E-state index contributed by atoms with van der Waals surface area (Å²) >= 11 is 5.95. The van der Waals surface area contributed by atoms with Gasteiger partial charge in [0, 0.05) is 26.3 Å². The number of piperidine rings is 1. The lowest BCUT2D eigenvalue weighted by atomic mass is 9.76. The number of halogens is 1. The van der Waals surface area contributed by atoms with Crippen molar-refractivity contribution in [1.82, 2.24) is 9.88 Å². The molecule has 130 valence electrons. The SMILES string of the molecule is CN1C(=O)CO[C@@H]2CN(c3ccc(Cl)cn3)CC[C@]21c1ccccc1. The van der Waals surface area contributed by atoms with E-state index in [4.69, 9.17) is 16.3 Å². The molecule has 4 rings (SSSR count). The summed E-state index contributed by atoms with van der Waals surface area (Å²) in [6, 6.07) is 14.0. The lowest BCUT2D eigenvalue weighted by Crippen LogP contribution is -2.67. The Morgan fingerprint density at radius 3 is 2.76 bits per heavy atom. The van der Waals surface area contributed by atoms with Crippen molar-refractivity contribution in [3.8, 4) is 0 Å². The third kappa shape index (κ3) is 2.68. The van der Waals surface area contributed by atoms with Crippen molar-refractivity contribution in [2.75, 3.05) is 31.6 Å². The van der Waals surface area contributed by atoms with Crippen molar-refractivity contribution < 1.29 is 9.53 Å². The van der Waals surface area contributed by atoms with E-state index < -0.39 is 5.54 Å². The number of hydrogen-bond acceptors (Lipinski definition) is 4. The van der Waals surface area contributed by atoms with Gasteiger partial charge in [-0.05, 0) is 24.1 Å². The standard InChI is InChI=1S/C19H20ClN3O2/c1-22-18(24)13-25-16-12-23(17-8-7-15(20)11-21-17)10-9-19(16,22)14-5-3-2-4-6-14/h2-8,11,16H,9-10,12-13H2,1H3/t16-,19+/m1/s1. The van der Waals surface area contributed by atoms with Crippen LogP contribution in [0.4, 0.5) is 5.82 Å². The summed E-state index contributed by atoms with van der Waals surface area (Å²) in [7, 11) is 1.89. The van der Waals surface area contributed by atoms with Gasteiger partial charge in [0.15, 0.2) is 0 Å². The van der Waals surface area contributed by atoms with Crippen LogP contribution >= 0.6 is 11.6 Å².